The zero-order valence-corrected chi connectivity index (χ0v) is 51.2. The number of phosphoric ester groups is 1. The van der Waals surface area contributed by atoms with E-state index in [1.165, 1.54) is 23.2 Å². The van der Waals surface area contributed by atoms with E-state index in [0.717, 1.165) is 128 Å². The molecule has 6 aliphatic rings. The van der Waals surface area contributed by atoms with Gasteiger partial charge in [-0.25, -0.2) is 40.9 Å². The number of sulfonamides is 1. The van der Waals surface area contributed by atoms with Gasteiger partial charge in [-0.2, -0.15) is 17.7 Å². The Labute approximate surface area is 500 Å². The third kappa shape index (κ3) is 13.5. The Hall–Kier alpha value is -5.61. The number of benzene rings is 3. The van der Waals surface area contributed by atoms with Gasteiger partial charge in [0.1, 0.15) is 36.8 Å². The topological polar surface area (TPSA) is 445 Å². The van der Waals surface area contributed by atoms with Gasteiger partial charge in [0.2, 0.25) is 27.2 Å². The third-order valence-electron chi connectivity index (χ3n) is 15.7. The number of aromatic amines is 1. The molecule has 5 aromatic rings. The summed E-state index contributed by atoms with van der Waals surface area (Å²) in [5.74, 6) is 0.549. The van der Waals surface area contributed by atoms with Crippen molar-refractivity contribution in [2.24, 2.45) is 0 Å². The number of nitrogens with one attached hydrogen (secondary N) is 4. The number of amides is 2. The second-order valence-corrected chi connectivity index (χ2v) is 30.6. The molecule has 1 saturated heterocycles. The van der Waals surface area contributed by atoms with Crippen LogP contribution in [0.25, 0.3) is 16.7 Å². The van der Waals surface area contributed by atoms with Crippen molar-refractivity contribution < 1.29 is 92.1 Å². The average molecular weight is 1330 g/mol. The maximum Gasteiger partial charge on any atom is 0.488 e. The highest BCUT2D eigenvalue weighted by Gasteiger charge is 2.50. The van der Waals surface area contributed by atoms with E-state index in [1.807, 2.05) is 0 Å². The monoisotopic (exact) mass is 1330 g/mol. The molecule has 11 rings (SSSR count). The maximum absolute atomic E-state index is 14.7. The van der Waals surface area contributed by atoms with Gasteiger partial charge in [-0.15, -0.1) is 0 Å². The molecule has 0 aliphatic carbocycles. The number of carbonyl (C=O) groups is 2. The normalized spacial score (nSPS) is 21.2. The number of nitrogen functional groups attached to an aromatic ring is 1. The van der Waals surface area contributed by atoms with Crippen LogP contribution in [-0.4, -0.2) is 148 Å². The number of alkyl carbamates (subject to hydrolysis) is 1. The van der Waals surface area contributed by atoms with Crippen LogP contribution in [0.2, 0.25) is 0 Å². The number of fused-ring (bicyclic) bond motifs is 5. The number of aryl methyl sites for hydroxylation is 2. The van der Waals surface area contributed by atoms with Crippen LogP contribution in [0.4, 0.5) is 16.4 Å². The van der Waals surface area contributed by atoms with Gasteiger partial charge >= 0.3 is 28.5 Å². The number of hydrogen-bond donors (Lipinski definition) is 11. The van der Waals surface area contributed by atoms with Crippen LogP contribution < -0.4 is 51.4 Å². The fraction of sp³-hybridized carbons (Fsp3) is 0.480. The first kappa shape index (κ1) is 63.0. The summed E-state index contributed by atoms with van der Waals surface area (Å²) in [5, 5.41) is 18.2. The van der Waals surface area contributed by atoms with E-state index < -0.39 is 96.1 Å². The van der Waals surface area contributed by atoms with E-state index in [4.69, 9.17) is 24.5 Å². The largest absolute Gasteiger partial charge is 0.488 e. The van der Waals surface area contributed by atoms with Crippen LogP contribution in [-0.2, 0) is 94.2 Å². The van der Waals surface area contributed by atoms with E-state index >= 15 is 0 Å². The molecule has 3 aromatic carbocycles. The molecule has 8 heterocycles. The molecule has 2 unspecified atom stereocenters. The number of aliphatic hydroxyl groups excluding tert-OH is 1. The zero-order chi connectivity index (χ0) is 62.0. The molecule has 470 valence electrons. The highest BCUT2D eigenvalue weighted by atomic mass is 32.5. The molecule has 6 aliphatic heterocycles. The quantitative estimate of drug-likeness (QED) is 0.0194. The molecule has 6 atom stereocenters. The van der Waals surface area contributed by atoms with Gasteiger partial charge in [-0.1, -0.05) is 12.5 Å². The predicted molar refractivity (Wildman–Crippen MR) is 310 cm³/mol. The zero-order valence-electron chi connectivity index (χ0n) is 46.1. The number of rotatable bonds is 22. The molecular formula is C50H62N10O21P3S3+. The summed E-state index contributed by atoms with van der Waals surface area (Å²) in [5.41, 5.74) is 11.6. The van der Waals surface area contributed by atoms with Crippen molar-refractivity contribution in [1.29, 1.82) is 0 Å². The Bertz CT molecular complexity index is 4220. The van der Waals surface area contributed by atoms with Crippen molar-refractivity contribution in [3.63, 3.8) is 0 Å². The fourth-order valence-electron chi connectivity index (χ4n) is 12.2. The first-order valence-electron chi connectivity index (χ1n) is 27.8. The van der Waals surface area contributed by atoms with E-state index in [1.54, 1.807) is 0 Å². The van der Waals surface area contributed by atoms with E-state index in [9.17, 15) is 69.6 Å². The lowest BCUT2D eigenvalue weighted by Gasteiger charge is -2.39. The van der Waals surface area contributed by atoms with Gasteiger partial charge in [0.05, 0.1) is 28.3 Å². The summed E-state index contributed by atoms with van der Waals surface area (Å²) in [6, 6.07) is 7.87. The van der Waals surface area contributed by atoms with Gasteiger partial charge < -0.3 is 60.2 Å². The smallest absolute Gasteiger partial charge is 0.455 e. The van der Waals surface area contributed by atoms with Crippen molar-refractivity contribution in [1.82, 2.24) is 39.5 Å². The Morgan fingerprint density at radius 3 is 2.36 bits per heavy atom. The molecular weight excluding hydrogens is 1270 g/mol. The number of aromatic nitrogens is 4. The highest BCUT2D eigenvalue weighted by molar-refractivity contribution is 8.08. The molecule has 87 heavy (non-hydrogen) atoms. The average Bonchev–Trinajstić information content (AvgIpc) is 1.30. The van der Waals surface area contributed by atoms with Gasteiger partial charge in [0.15, 0.2) is 23.5 Å². The summed E-state index contributed by atoms with van der Waals surface area (Å²) in [6.07, 6.45) is 0.684. The third-order valence-corrected chi connectivity index (χ3v) is 22.4. The second kappa shape index (κ2) is 24.6. The summed E-state index contributed by atoms with van der Waals surface area (Å²) in [4.78, 5) is 88.4. The number of ether oxygens (including phenoxy) is 3. The minimum Gasteiger partial charge on any atom is -0.455 e. The minimum absolute atomic E-state index is 0.00543. The number of aliphatic hydroxyl groups is 1. The standard InChI is InChI=1S/C50H61N10O21P3S3/c51-49-56-46-39(47(63)57-49)54-26-60(46)48-45(42(62)35(77-48)25-76-82(65,66)80-83(67,68)81-84(69,70)85)79-50(64)53-17-16-52-37(61)12-2-1-3-15-55-86(71,72)36-24-29(87(73,74)75)13-14-30(36)38-33-22-27-8-4-18-58-20-6-10-31(40(27)58)43(33)78-44-32-11-7-21-59-19-5-9-28(41(32)59)23-34(38)44/h13-14,22-24,26,35,42,45,48,55,62H,1-12,15-21,25H2,(H9-,51,52,53,56,57,61,63,64,65,66,67,68,69,70,73,74,75,85)/p+1/t35-,42-,45-,48-/m1/s1. The number of H-pyrrole nitrogens is 1. The lowest BCUT2D eigenvalue weighted by Crippen LogP contribution is -2.45. The number of hydrogen-bond acceptors (Lipinski definition) is 21. The van der Waals surface area contributed by atoms with Crippen molar-refractivity contribution in [2.45, 2.75) is 111 Å². The van der Waals surface area contributed by atoms with Gasteiger partial charge in [-0.05, 0) is 93.0 Å². The lowest BCUT2D eigenvalue weighted by atomic mass is 9.82. The number of nitrogens with zero attached hydrogens (tertiary/aromatic N) is 5. The van der Waals surface area contributed by atoms with Crippen molar-refractivity contribution in [2.75, 3.05) is 63.1 Å². The molecule has 12 N–H and O–H groups in total. The van der Waals surface area contributed by atoms with Gasteiger partial charge in [-0.3, -0.25) is 28.2 Å². The first-order chi connectivity index (χ1) is 41.1. The van der Waals surface area contributed by atoms with Crippen molar-refractivity contribution in [3.05, 3.63) is 91.0 Å². The SMILES string of the molecule is Nc1nc2c(ncn2[C@@H]2O[C@H](COP(=O)(O)OP(=O)(O)OP(O)(O)=S)[C@@H](O)[C@H]2OC(=O)NCCNC(=O)CCCCCNS(=O)(=O)c2cc(S(=O)(=O)O)ccc2C2=c3cc4c5c(c3Oc3c2cc2c6c3CCCN6CCC2)CCC[N+]=5CCC4)c(=O)[nH]1. The molecule has 1 fully saturated rings. The summed E-state index contributed by atoms with van der Waals surface area (Å²) >= 11 is 4.08. The molecule has 37 heteroatoms. The number of imidazole rings is 1. The Balaban J connectivity index is 0.726. The van der Waals surface area contributed by atoms with Gasteiger partial charge in [0, 0.05) is 90.7 Å². The van der Waals surface area contributed by atoms with E-state index in [-0.39, 0.29) is 60.0 Å². The lowest BCUT2D eigenvalue weighted by molar-refractivity contribution is -0.121. The summed E-state index contributed by atoms with van der Waals surface area (Å²) in [7, 11) is -20.7. The molecule has 0 spiro atoms. The summed E-state index contributed by atoms with van der Waals surface area (Å²) < 4.78 is 127. The van der Waals surface area contributed by atoms with Crippen LogP contribution in [0, 0.1) is 0 Å². The number of nitrogens with two attached hydrogens (primary N) is 1. The van der Waals surface area contributed by atoms with Crippen LogP contribution in [0.3, 0.4) is 0 Å². The van der Waals surface area contributed by atoms with Crippen molar-refractivity contribution >= 4 is 94.7 Å². The van der Waals surface area contributed by atoms with Crippen molar-refractivity contribution in [3.8, 4) is 11.5 Å². The van der Waals surface area contributed by atoms with E-state index in [0.29, 0.717) is 29.9 Å². The van der Waals surface area contributed by atoms with Crippen LogP contribution in [0.1, 0.15) is 91.0 Å². The number of phosphoric acid groups is 2. The number of carbonyl (C=O) groups excluding carboxylic acids is 2. The predicted octanol–water partition coefficient (Wildman–Crippen LogP) is 0.852. The first-order valence-corrected chi connectivity index (χ1v) is 36.3. The fourth-order valence-corrected chi connectivity index (χ4v) is 17.9. The van der Waals surface area contributed by atoms with Gasteiger partial charge in [0.25, 0.3) is 15.7 Å². The molecule has 2 aromatic heterocycles. The summed E-state index contributed by atoms with van der Waals surface area (Å²) in [6.45, 7) is -2.78. The Morgan fingerprint density at radius 2 is 1.60 bits per heavy atom. The highest BCUT2D eigenvalue weighted by Crippen LogP contribution is 2.66. The van der Waals surface area contributed by atoms with Crippen LogP contribution >= 0.6 is 22.4 Å². The number of unbranched alkanes of at least 4 members (excludes halogenated alkanes) is 2. The second-order valence-electron chi connectivity index (χ2n) is 21.6. The maximum atomic E-state index is 14.7. The Morgan fingerprint density at radius 1 is 0.874 bits per heavy atom. The molecule has 2 amide bonds. The molecule has 31 nitrogen and oxygen atoms in total. The minimum atomic E-state index is -5.72. The Kier molecular flexibility index (Phi) is 17.8. The van der Waals surface area contributed by atoms with Crippen LogP contribution in [0.15, 0.2) is 51.2 Å². The molecule has 0 radical (unpaired) electrons. The molecule has 0 bridgehead atoms. The number of anilines is 2. The van der Waals surface area contributed by atoms with E-state index in [2.05, 4.69) is 72.3 Å². The molecule has 0 saturated carbocycles. The van der Waals surface area contributed by atoms with Crippen LogP contribution in [0.5, 0.6) is 11.5 Å².